The second kappa shape index (κ2) is 5.17. The van der Waals surface area contributed by atoms with Crippen molar-refractivity contribution in [3.05, 3.63) is 60.0 Å². The maximum atomic E-state index is 12.2. The van der Waals surface area contributed by atoms with Crippen LogP contribution in [-0.4, -0.2) is 10.9 Å². The number of nitrogens with zero attached hydrogens (tertiary/aromatic N) is 1. The number of fused-ring (bicyclic) bond motifs is 1. The number of carbonyl (C=O) groups is 1. The maximum absolute atomic E-state index is 12.2. The Kier molecular flexibility index (Phi) is 3.21. The molecule has 0 aliphatic carbocycles. The molecule has 1 N–H and O–H groups in total. The first-order chi connectivity index (χ1) is 9.76. The number of anilines is 1. The van der Waals surface area contributed by atoms with Gasteiger partial charge in [-0.1, -0.05) is 25.1 Å². The van der Waals surface area contributed by atoms with Gasteiger partial charge in [-0.3, -0.25) is 4.79 Å². The van der Waals surface area contributed by atoms with E-state index in [0.717, 1.165) is 12.1 Å². The fraction of sp³-hybridized carbons (Fsp3) is 0.125. The van der Waals surface area contributed by atoms with Crippen LogP contribution in [0.2, 0.25) is 0 Å². The van der Waals surface area contributed by atoms with E-state index >= 15 is 0 Å². The second-order valence-electron chi connectivity index (χ2n) is 4.46. The third-order valence-corrected chi connectivity index (χ3v) is 3.03. The molecule has 0 saturated carbocycles. The van der Waals surface area contributed by atoms with Gasteiger partial charge in [-0.15, -0.1) is 0 Å². The number of nitrogens with one attached hydrogen (secondary N) is 1. The van der Waals surface area contributed by atoms with Crippen LogP contribution in [0.4, 0.5) is 5.69 Å². The van der Waals surface area contributed by atoms with Gasteiger partial charge in [0.05, 0.1) is 0 Å². The average Bonchev–Trinajstić information content (AvgIpc) is 2.90. The van der Waals surface area contributed by atoms with Crippen LogP contribution in [0.3, 0.4) is 0 Å². The molecule has 0 spiro atoms. The van der Waals surface area contributed by atoms with Gasteiger partial charge in [0, 0.05) is 17.7 Å². The van der Waals surface area contributed by atoms with E-state index in [2.05, 4.69) is 10.3 Å². The molecule has 0 saturated heterocycles. The van der Waals surface area contributed by atoms with Crippen molar-refractivity contribution >= 4 is 22.7 Å². The number of para-hydroxylation sites is 1. The normalized spacial score (nSPS) is 10.7. The molecule has 4 heteroatoms. The topological polar surface area (TPSA) is 55.1 Å². The van der Waals surface area contributed by atoms with Gasteiger partial charge in [0.2, 0.25) is 0 Å². The van der Waals surface area contributed by atoms with Crippen LogP contribution in [0, 0.1) is 0 Å². The van der Waals surface area contributed by atoms with Crippen LogP contribution in [0.25, 0.3) is 11.1 Å². The predicted octanol–water partition coefficient (Wildman–Crippen LogP) is 3.64. The summed E-state index contributed by atoms with van der Waals surface area (Å²) in [5.74, 6) is 0.528. The third-order valence-electron chi connectivity index (χ3n) is 3.03. The number of aromatic nitrogens is 1. The largest absolute Gasteiger partial charge is 0.441 e. The Morgan fingerprint density at radius 2 is 2.00 bits per heavy atom. The molecular weight excluding hydrogens is 252 g/mol. The Hall–Kier alpha value is -2.62. The molecule has 0 aliphatic rings. The smallest absolute Gasteiger partial charge is 0.255 e. The minimum atomic E-state index is -0.154. The van der Waals surface area contributed by atoms with Gasteiger partial charge in [0.15, 0.2) is 11.5 Å². The SMILES string of the molecule is CCc1nc2cc(C(=O)Nc3ccccc3)ccc2o1. The summed E-state index contributed by atoms with van der Waals surface area (Å²) in [4.78, 5) is 16.5. The lowest BCUT2D eigenvalue weighted by molar-refractivity contribution is 0.102. The van der Waals surface area contributed by atoms with Gasteiger partial charge in [0.1, 0.15) is 5.52 Å². The van der Waals surface area contributed by atoms with Crippen LogP contribution in [-0.2, 0) is 6.42 Å². The van der Waals surface area contributed by atoms with Crippen molar-refractivity contribution in [1.82, 2.24) is 4.98 Å². The minimum Gasteiger partial charge on any atom is -0.441 e. The first-order valence-corrected chi connectivity index (χ1v) is 6.52. The number of benzene rings is 2. The van der Waals surface area contributed by atoms with Crippen LogP contribution < -0.4 is 5.32 Å². The lowest BCUT2D eigenvalue weighted by atomic mass is 10.2. The van der Waals surface area contributed by atoms with Crippen molar-refractivity contribution in [2.45, 2.75) is 13.3 Å². The van der Waals surface area contributed by atoms with E-state index in [9.17, 15) is 4.79 Å². The van der Waals surface area contributed by atoms with E-state index in [0.29, 0.717) is 22.6 Å². The van der Waals surface area contributed by atoms with Gasteiger partial charge >= 0.3 is 0 Å². The lowest BCUT2D eigenvalue weighted by Crippen LogP contribution is -2.11. The molecule has 20 heavy (non-hydrogen) atoms. The lowest BCUT2D eigenvalue weighted by Gasteiger charge is -2.04. The molecule has 0 bridgehead atoms. The summed E-state index contributed by atoms with van der Waals surface area (Å²) < 4.78 is 5.53. The number of carbonyl (C=O) groups excluding carboxylic acids is 1. The number of rotatable bonds is 3. The first-order valence-electron chi connectivity index (χ1n) is 6.52. The van der Waals surface area contributed by atoms with Crippen molar-refractivity contribution < 1.29 is 9.21 Å². The quantitative estimate of drug-likeness (QED) is 0.787. The Labute approximate surface area is 116 Å². The molecule has 3 aromatic rings. The van der Waals surface area contributed by atoms with E-state index in [1.807, 2.05) is 37.3 Å². The zero-order valence-corrected chi connectivity index (χ0v) is 11.1. The summed E-state index contributed by atoms with van der Waals surface area (Å²) in [5, 5.41) is 2.85. The average molecular weight is 266 g/mol. The minimum absolute atomic E-state index is 0.154. The Morgan fingerprint density at radius 3 is 2.75 bits per heavy atom. The summed E-state index contributed by atoms with van der Waals surface area (Å²) in [6, 6.07) is 14.6. The summed E-state index contributed by atoms with van der Waals surface area (Å²) in [5.41, 5.74) is 2.75. The van der Waals surface area contributed by atoms with E-state index in [1.165, 1.54) is 0 Å². The van der Waals surface area contributed by atoms with Gasteiger partial charge in [-0.05, 0) is 30.3 Å². The number of amides is 1. The molecule has 3 rings (SSSR count). The maximum Gasteiger partial charge on any atom is 0.255 e. The molecule has 100 valence electrons. The van der Waals surface area contributed by atoms with Crippen LogP contribution in [0.1, 0.15) is 23.2 Å². The summed E-state index contributed by atoms with van der Waals surface area (Å²) in [6.45, 7) is 1.98. The third kappa shape index (κ3) is 2.40. The number of oxazole rings is 1. The molecule has 0 unspecified atom stereocenters. The zero-order valence-electron chi connectivity index (χ0n) is 11.1. The fourth-order valence-corrected chi connectivity index (χ4v) is 1.99. The van der Waals surface area contributed by atoms with E-state index in [4.69, 9.17) is 4.42 Å². The zero-order chi connectivity index (χ0) is 13.9. The molecule has 2 aromatic carbocycles. The summed E-state index contributed by atoms with van der Waals surface area (Å²) in [6.07, 6.45) is 0.736. The highest BCUT2D eigenvalue weighted by atomic mass is 16.3. The van der Waals surface area contributed by atoms with Crippen LogP contribution >= 0.6 is 0 Å². The van der Waals surface area contributed by atoms with Crippen molar-refractivity contribution in [2.75, 3.05) is 5.32 Å². The van der Waals surface area contributed by atoms with Gasteiger partial charge in [-0.25, -0.2) is 4.98 Å². The molecule has 0 aliphatic heterocycles. The summed E-state index contributed by atoms with van der Waals surface area (Å²) in [7, 11) is 0. The number of hydrogen-bond acceptors (Lipinski definition) is 3. The van der Waals surface area contributed by atoms with Crippen molar-refractivity contribution in [1.29, 1.82) is 0 Å². The second-order valence-corrected chi connectivity index (χ2v) is 4.46. The van der Waals surface area contributed by atoms with Crippen molar-refractivity contribution in [3.8, 4) is 0 Å². The predicted molar refractivity (Wildman–Crippen MR) is 77.8 cm³/mol. The Morgan fingerprint density at radius 1 is 1.20 bits per heavy atom. The molecule has 1 aromatic heterocycles. The van der Waals surface area contributed by atoms with Crippen molar-refractivity contribution in [3.63, 3.8) is 0 Å². The Bertz CT molecular complexity index is 748. The monoisotopic (exact) mass is 266 g/mol. The number of hydrogen-bond donors (Lipinski definition) is 1. The van der Waals surface area contributed by atoms with Gasteiger partial charge in [-0.2, -0.15) is 0 Å². The van der Waals surface area contributed by atoms with Crippen LogP contribution in [0.5, 0.6) is 0 Å². The van der Waals surface area contributed by atoms with E-state index in [-0.39, 0.29) is 5.91 Å². The van der Waals surface area contributed by atoms with Crippen molar-refractivity contribution in [2.24, 2.45) is 0 Å². The molecule has 1 heterocycles. The fourth-order valence-electron chi connectivity index (χ4n) is 1.99. The molecule has 4 nitrogen and oxygen atoms in total. The Balaban J connectivity index is 1.87. The van der Waals surface area contributed by atoms with E-state index in [1.54, 1.807) is 18.2 Å². The molecular formula is C16H14N2O2. The molecule has 0 atom stereocenters. The highest BCUT2D eigenvalue weighted by Crippen LogP contribution is 2.18. The molecule has 0 fully saturated rings. The first kappa shape index (κ1) is 12.4. The number of aryl methyl sites for hydroxylation is 1. The highest BCUT2D eigenvalue weighted by Gasteiger charge is 2.10. The van der Waals surface area contributed by atoms with E-state index < -0.39 is 0 Å². The molecule has 0 radical (unpaired) electrons. The summed E-state index contributed by atoms with van der Waals surface area (Å²) >= 11 is 0. The molecule has 1 amide bonds. The standard InChI is InChI=1S/C16H14N2O2/c1-2-15-18-13-10-11(8-9-14(13)20-15)16(19)17-12-6-4-3-5-7-12/h3-10H,2H2,1H3,(H,17,19). The highest BCUT2D eigenvalue weighted by molar-refractivity contribution is 6.05. The van der Waals surface area contributed by atoms with Crippen LogP contribution in [0.15, 0.2) is 52.9 Å². The van der Waals surface area contributed by atoms with Gasteiger partial charge < -0.3 is 9.73 Å². The van der Waals surface area contributed by atoms with Gasteiger partial charge in [0.25, 0.3) is 5.91 Å².